The fraction of sp³-hybridized carbons (Fsp3) is 0.593. The van der Waals surface area contributed by atoms with Crippen LogP contribution in [-0.4, -0.2) is 54.0 Å². The lowest BCUT2D eigenvalue weighted by Crippen LogP contribution is -2.49. The summed E-state index contributed by atoms with van der Waals surface area (Å²) >= 11 is 0. The summed E-state index contributed by atoms with van der Waals surface area (Å²) in [6, 6.07) is 6.87. The molecule has 7 nitrogen and oxygen atoms in total. The number of benzene rings is 1. The molecule has 0 saturated carbocycles. The fourth-order valence-electron chi connectivity index (χ4n) is 4.72. The molecule has 2 aliphatic rings. The lowest BCUT2D eigenvalue weighted by atomic mass is 9.97. The third-order valence-corrected chi connectivity index (χ3v) is 6.72. The SMILES string of the molecule is C[C@@H](OC(=O)c1ccc(OCC(=O)N2[C@@H](C)CCC[C@@H]2C)cc1)C(=O)NCCC1=CCCCC1. The molecule has 7 heteroatoms. The number of ether oxygens (including phenoxy) is 2. The lowest BCUT2D eigenvalue weighted by molar-refractivity contribution is -0.139. The summed E-state index contributed by atoms with van der Waals surface area (Å²) in [6.45, 7) is 6.23. The maximum Gasteiger partial charge on any atom is 0.338 e. The standard InChI is InChI=1S/C27H38N2O5/c1-19-8-7-9-20(2)29(19)25(30)18-33-24-14-12-23(13-15-24)27(32)34-21(3)26(31)28-17-16-22-10-5-4-6-11-22/h10,12-15,19-21H,4-9,11,16-18H2,1-3H3,(H,28,31)/t19-,20-,21+/m0/s1. The predicted octanol–water partition coefficient (Wildman–Crippen LogP) is 4.41. The summed E-state index contributed by atoms with van der Waals surface area (Å²) in [5, 5.41) is 2.84. The molecule has 1 aromatic rings. The van der Waals surface area contributed by atoms with Crippen molar-refractivity contribution in [2.24, 2.45) is 0 Å². The highest BCUT2D eigenvalue weighted by Gasteiger charge is 2.29. The van der Waals surface area contributed by atoms with Gasteiger partial charge >= 0.3 is 5.97 Å². The molecule has 1 aromatic carbocycles. The Hall–Kier alpha value is -2.83. The van der Waals surface area contributed by atoms with Crippen LogP contribution in [0.2, 0.25) is 0 Å². The van der Waals surface area contributed by atoms with E-state index in [2.05, 4.69) is 25.2 Å². The van der Waals surface area contributed by atoms with Gasteiger partial charge in [-0.1, -0.05) is 11.6 Å². The molecule has 1 aliphatic carbocycles. The number of hydrogen-bond donors (Lipinski definition) is 1. The van der Waals surface area contributed by atoms with Gasteiger partial charge in [-0.3, -0.25) is 9.59 Å². The molecule has 0 bridgehead atoms. The van der Waals surface area contributed by atoms with Crippen molar-refractivity contribution in [2.45, 2.75) is 90.3 Å². The van der Waals surface area contributed by atoms with Crippen molar-refractivity contribution >= 4 is 17.8 Å². The number of carbonyl (C=O) groups is 3. The van der Waals surface area contributed by atoms with Gasteiger partial charge in [-0.25, -0.2) is 4.79 Å². The Kier molecular flexibility index (Phi) is 9.54. The van der Waals surface area contributed by atoms with E-state index in [-0.39, 0.29) is 30.5 Å². The van der Waals surface area contributed by atoms with Crippen molar-refractivity contribution in [3.05, 3.63) is 41.5 Å². The maximum atomic E-state index is 12.6. The van der Waals surface area contributed by atoms with Gasteiger partial charge in [0.2, 0.25) is 0 Å². The Labute approximate surface area is 202 Å². The van der Waals surface area contributed by atoms with E-state index in [9.17, 15) is 14.4 Å². The molecule has 3 atom stereocenters. The van der Waals surface area contributed by atoms with Crippen LogP contribution >= 0.6 is 0 Å². The van der Waals surface area contributed by atoms with Crippen LogP contribution in [0.1, 0.15) is 82.5 Å². The van der Waals surface area contributed by atoms with Crippen LogP contribution < -0.4 is 10.1 Å². The van der Waals surface area contributed by atoms with Crippen LogP contribution in [0.15, 0.2) is 35.9 Å². The first-order valence-corrected chi connectivity index (χ1v) is 12.6. The molecular formula is C27H38N2O5. The number of piperidine rings is 1. The Balaban J connectivity index is 1.41. The second kappa shape index (κ2) is 12.6. The topological polar surface area (TPSA) is 84.9 Å². The largest absolute Gasteiger partial charge is 0.484 e. The molecule has 0 aromatic heterocycles. The summed E-state index contributed by atoms with van der Waals surface area (Å²) < 4.78 is 11.0. The molecule has 1 aliphatic heterocycles. The predicted molar refractivity (Wildman–Crippen MR) is 131 cm³/mol. The van der Waals surface area contributed by atoms with Crippen LogP contribution in [0.4, 0.5) is 0 Å². The molecule has 0 unspecified atom stereocenters. The van der Waals surface area contributed by atoms with Crippen molar-refractivity contribution in [2.75, 3.05) is 13.2 Å². The van der Waals surface area contributed by atoms with E-state index in [1.54, 1.807) is 31.2 Å². The number of carbonyl (C=O) groups excluding carboxylic acids is 3. The first kappa shape index (κ1) is 25.8. The minimum atomic E-state index is -0.880. The minimum absolute atomic E-state index is 0.0252. The van der Waals surface area contributed by atoms with Crippen molar-refractivity contribution < 1.29 is 23.9 Å². The molecule has 3 rings (SSSR count). The van der Waals surface area contributed by atoms with Crippen LogP contribution in [0.5, 0.6) is 5.75 Å². The lowest BCUT2D eigenvalue weighted by Gasteiger charge is -2.38. The molecule has 0 spiro atoms. The Morgan fingerprint density at radius 1 is 1.06 bits per heavy atom. The van der Waals surface area contributed by atoms with E-state index < -0.39 is 12.1 Å². The summed E-state index contributed by atoms with van der Waals surface area (Å²) in [5.74, 6) is -0.395. The first-order valence-electron chi connectivity index (χ1n) is 12.6. The van der Waals surface area contributed by atoms with Crippen molar-refractivity contribution in [3.8, 4) is 5.75 Å². The molecule has 2 amide bonds. The monoisotopic (exact) mass is 470 g/mol. The second-order valence-corrected chi connectivity index (χ2v) is 9.44. The number of esters is 1. The Morgan fingerprint density at radius 2 is 1.76 bits per heavy atom. The summed E-state index contributed by atoms with van der Waals surface area (Å²) in [4.78, 5) is 39.2. The number of amides is 2. The van der Waals surface area contributed by atoms with Crippen LogP contribution in [-0.2, 0) is 14.3 Å². The van der Waals surface area contributed by atoms with Gasteiger partial charge in [-0.15, -0.1) is 0 Å². The van der Waals surface area contributed by atoms with Gasteiger partial charge in [-0.2, -0.15) is 0 Å². The van der Waals surface area contributed by atoms with Crippen LogP contribution in [0, 0.1) is 0 Å². The molecule has 0 radical (unpaired) electrons. The van der Waals surface area contributed by atoms with Gasteiger partial charge in [-0.05, 0) is 96.4 Å². The zero-order valence-corrected chi connectivity index (χ0v) is 20.7. The van der Waals surface area contributed by atoms with Gasteiger partial charge in [0.15, 0.2) is 12.7 Å². The molecular weight excluding hydrogens is 432 g/mol. The number of allylic oxidation sites excluding steroid dienone is 1. The highest BCUT2D eigenvalue weighted by atomic mass is 16.5. The average molecular weight is 471 g/mol. The van der Waals surface area contributed by atoms with E-state index in [1.165, 1.54) is 18.4 Å². The Bertz CT molecular complexity index is 870. The van der Waals surface area contributed by atoms with Crippen molar-refractivity contribution in [1.29, 1.82) is 0 Å². The summed E-state index contributed by atoms with van der Waals surface area (Å²) in [6.07, 6.45) is 10.1. The third-order valence-electron chi connectivity index (χ3n) is 6.72. The second-order valence-electron chi connectivity index (χ2n) is 9.44. The quantitative estimate of drug-likeness (QED) is 0.427. The zero-order chi connectivity index (χ0) is 24.5. The normalized spacial score (nSPS) is 21.3. The van der Waals surface area contributed by atoms with Gasteiger partial charge in [0.05, 0.1) is 5.56 Å². The summed E-state index contributed by atoms with van der Waals surface area (Å²) in [5.41, 5.74) is 1.71. The molecule has 34 heavy (non-hydrogen) atoms. The van der Waals surface area contributed by atoms with Gasteiger partial charge < -0.3 is 19.7 Å². The van der Waals surface area contributed by atoms with Crippen molar-refractivity contribution in [3.63, 3.8) is 0 Å². The highest BCUT2D eigenvalue weighted by molar-refractivity contribution is 5.92. The Morgan fingerprint density at radius 3 is 2.41 bits per heavy atom. The summed E-state index contributed by atoms with van der Waals surface area (Å²) in [7, 11) is 0. The fourth-order valence-corrected chi connectivity index (χ4v) is 4.72. The van der Waals surface area contributed by atoms with Crippen molar-refractivity contribution in [1.82, 2.24) is 10.2 Å². The number of nitrogens with zero attached hydrogens (tertiary/aromatic N) is 1. The van der Waals surface area contributed by atoms with Crippen LogP contribution in [0.25, 0.3) is 0 Å². The maximum absolute atomic E-state index is 12.6. The third kappa shape index (κ3) is 7.34. The van der Waals surface area contributed by atoms with E-state index in [0.717, 1.165) is 38.5 Å². The minimum Gasteiger partial charge on any atom is -0.484 e. The zero-order valence-electron chi connectivity index (χ0n) is 20.7. The van der Waals surface area contributed by atoms with E-state index in [0.29, 0.717) is 17.9 Å². The first-order chi connectivity index (χ1) is 16.3. The van der Waals surface area contributed by atoms with E-state index >= 15 is 0 Å². The number of nitrogens with one attached hydrogen (secondary N) is 1. The number of likely N-dealkylation sites (tertiary alicyclic amines) is 1. The highest BCUT2D eigenvalue weighted by Crippen LogP contribution is 2.23. The van der Waals surface area contributed by atoms with Crippen LogP contribution in [0.3, 0.4) is 0 Å². The molecule has 1 saturated heterocycles. The van der Waals surface area contributed by atoms with Gasteiger partial charge in [0, 0.05) is 18.6 Å². The van der Waals surface area contributed by atoms with E-state index in [1.807, 2.05) is 4.90 Å². The van der Waals surface area contributed by atoms with Gasteiger partial charge in [0.1, 0.15) is 5.75 Å². The number of rotatable bonds is 9. The molecule has 186 valence electrons. The van der Waals surface area contributed by atoms with E-state index in [4.69, 9.17) is 9.47 Å². The average Bonchev–Trinajstić information content (AvgIpc) is 2.83. The number of hydrogen-bond acceptors (Lipinski definition) is 5. The smallest absolute Gasteiger partial charge is 0.338 e. The molecule has 1 N–H and O–H groups in total. The van der Waals surface area contributed by atoms with Gasteiger partial charge in [0.25, 0.3) is 11.8 Å². The molecule has 1 fully saturated rings. The molecule has 1 heterocycles.